The predicted octanol–water partition coefficient (Wildman–Crippen LogP) is 2.97. The highest BCUT2D eigenvalue weighted by molar-refractivity contribution is 7.12. The van der Waals surface area contributed by atoms with E-state index in [2.05, 4.69) is 10.6 Å². The van der Waals surface area contributed by atoms with Crippen molar-refractivity contribution < 1.29 is 18.8 Å². The molecule has 2 aromatic heterocycles. The fourth-order valence-corrected chi connectivity index (χ4v) is 4.56. The first-order chi connectivity index (χ1) is 14.1. The number of fused-ring (bicyclic) bond motifs is 2. The number of nitrogens with one attached hydrogen (secondary N) is 2. The Labute approximate surface area is 170 Å². The van der Waals surface area contributed by atoms with E-state index >= 15 is 0 Å². The van der Waals surface area contributed by atoms with Gasteiger partial charge in [0.1, 0.15) is 11.8 Å². The van der Waals surface area contributed by atoms with Gasteiger partial charge >= 0.3 is 0 Å². The summed E-state index contributed by atoms with van der Waals surface area (Å²) in [5, 5.41) is 7.60. The highest BCUT2D eigenvalue weighted by Crippen LogP contribution is 2.32. The molecule has 0 aliphatic carbocycles. The Morgan fingerprint density at radius 1 is 1.21 bits per heavy atom. The van der Waals surface area contributed by atoms with Gasteiger partial charge < -0.3 is 20.0 Å². The third-order valence-corrected chi connectivity index (χ3v) is 6.17. The molecule has 0 saturated carbocycles. The molecule has 2 aliphatic heterocycles. The highest BCUT2D eigenvalue weighted by Gasteiger charge is 2.45. The lowest BCUT2D eigenvalue weighted by atomic mass is 10.1. The zero-order valence-corrected chi connectivity index (χ0v) is 16.1. The van der Waals surface area contributed by atoms with E-state index in [9.17, 15) is 14.4 Å². The molecule has 29 heavy (non-hydrogen) atoms. The van der Waals surface area contributed by atoms with Crippen molar-refractivity contribution in [3.8, 4) is 11.3 Å². The SMILES string of the molecule is O=C(N[C@H]1CCN2C(=O)c3cc(-c4ccco4)ccc3NC(=O)[C@H]12)c1cccs1. The summed E-state index contributed by atoms with van der Waals surface area (Å²) >= 11 is 1.34. The van der Waals surface area contributed by atoms with Crippen LogP contribution in [0.2, 0.25) is 0 Å². The van der Waals surface area contributed by atoms with Crippen LogP contribution in [0.5, 0.6) is 0 Å². The summed E-state index contributed by atoms with van der Waals surface area (Å²) in [4.78, 5) is 40.7. The van der Waals surface area contributed by atoms with Crippen LogP contribution in [0, 0.1) is 0 Å². The Balaban J connectivity index is 1.44. The zero-order chi connectivity index (χ0) is 20.0. The maximum atomic E-state index is 13.2. The number of carbonyl (C=O) groups excluding carboxylic acids is 3. The number of carbonyl (C=O) groups is 3. The minimum absolute atomic E-state index is 0.228. The molecule has 2 atom stereocenters. The summed E-state index contributed by atoms with van der Waals surface area (Å²) in [7, 11) is 0. The number of benzene rings is 1. The number of rotatable bonds is 3. The second-order valence-corrected chi connectivity index (χ2v) is 7.96. The van der Waals surface area contributed by atoms with Gasteiger partial charge in [0, 0.05) is 12.1 Å². The number of amides is 3. The van der Waals surface area contributed by atoms with Crippen molar-refractivity contribution in [3.63, 3.8) is 0 Å². The van der Waals surface area contributed by atoms with Crippen LogP contribution < -0.4 is 10.6 Å². The molecule has 0 radical (unpaired) electrons. The quantitative estimate of drug-likeness (QED) is 0.698. The Bertz CT molecular complexity index is 1090. The molecule has 0 spiro atoms. The minimum atomic E-state index is -0.745. The first kappa shape index (κ1) is 17.7. The molecule has 7 nitrogen and oxygen atoms in total. The van der Waals surface area contributed by atoms with Crippen molar-refractivity contribution in [1.82, 2.24) is 10.2 Å². The molecule has 3 amide bonds. The van der Waals surface area contributed by atoms with E-state index in [1.807, 2.05) is 11.4 Å². The standard InChI is InChI=1S/C21H17N3O4S/c25-19(17-4-2-10-29-17)23-15-7-8-24-18(15)20(26)22-14-6-5-12(11-13(14)21(24)27)16-3-1-9-28-16/h1-6,9-11,15,18H,7-8H2,(H,22,26)(H,23,25)/t15-,18-/m0/s1. The Hall–Kier alpha value is -3.39. The first-order valence-corrected chi connectivity index (χ1v) is 10.1. The van der Waals surface area contributed by atoms with Crippen LogP contribution in [0.15, 0.2) is 58.5 Å². The summed E-state index contributed by atoms with van der Waals surface area (Å²) in [6.45, 7) is 0.400. The van der Waals surface area contributed by atoms with Crippen molar-refractivity contribution in [2.45, 2.75) is 18.5 Å². The summed E-state index contributed by atoms with van der Waals surface area (Å²) in [6, 6.07) is 11.2. The van der Waals surface area contributed by atoms with E-state index in [0.29, 0.717) is 34.9 Å². The third kappa shape index (κ3) is 3.01. The Morgan fingerprint density at radius 2 is 2.10 bits per heavy atom. The highest BCUT2D eigenvalue weighted by atomic mass is 32.1. The molecule has 4 heterocycles. The molecule has 146 valence electrons. The van der Waals surface area contributed by atoms with E-state index in [4.69, 9.17) is 4.42 Å². The molecular weight excluding hydrogens is 390 g/mol. The van der Waals surface area contributed by atoms with Crippen LogP contribution in [0.1, 0.15) is 26.5 Å². The minimum Gasteiger partial charge on any atom is -0.464 e. The lowest BCUT2D eigenvalue weighted by Crippen LogP contribution is -2.51. The summed E-state index contributed by atoms with van der Waals surface area (Å²) in [5.41, 5.74) is 1.64. The van der Waals surface area contributed by atoms with Gasteiger partial charge in [0.25, 0.3) is 11.8 Å². The number of anilines is 1. The maximum absolute atomic E-state index is 13.2. The molecule has 5 rings (SSSR count). The average Bonchev–Trinajstić information content (AvgIpc) is 3.47. The van der Waals surface area contributed by atoms with Gasteiger partial charge in [0.2, 0.25) is 5.91 Å². The second-order valence-electron chi connectivity index (χ2n) is 7.02. The van der Waals surface area contributed by atoms with E-state index in [0.717, 1.165) is 5.56 Å². The molecule has 2 aliphatic rings. The molecule has 1 saturated heterocycles. The van der Waals surface area contributed by atoms with E-state index < -0.39 is 12.1 Å². The Morgan fingerprint density at radius 3 is 2.86 bits per heavy atom. The van der Waals surface area contributed by atoms with Gasteiger partial charge in [-0.1, -0.05) is 6.07 Å². The lowest BCUT2D eigenvalue weighted by Gasteiger charge is -2.24. The summed E-state index contributed by atoms with van der Waals surface area (Å²) < 4.78 is 5.42. The van der Waals surface area contributed by atoms with Gasteiger partial charge in [0.05, 0.1) is 28.4 Å². The van der Waals surface area contributed by atoms with Gasteiger partial charge in [-0.2, -0.15) is 0 Å². The van der Waals surface area contributed by atoms with Crippen LogP contribution in [0.3, 0.4) is 0 Å². The predicted molar refractivity (Wildman–Crippen MR) is 108 cm³/mol. The van der Waals surface area contributed by atoms with Crippen molar-refractivity contribution in [2.24, 2.45) is 0 Å². The third-order valence-electron chi connectivity index (χ3n) is 5.30. The van der Waals surface area contributed by atoms with E-state index in [1.165, 1.54) is 11.3 Å². The molecule has 3 aromatic rings. The smallest absolute Gasteiger partial charge is 0.261 e. The number of thiophene rings is 1. The van der Waals surface area contributed by atoms with Crippen molar-refractivity contribution in [2.75, 3.05) is 11.9 Å². The lowest BCUT2D eigenvalue weighted by molar-refractivity contribution is -0.120. The Kier molecular flexibility index (Phi) is 4.21. The largest absolute Gasteiger partial charge is 0.464 e. The number of furan rings is 1. The van der Waals surface area contributed by atoms with Gasteiger partial charge in [-0.3, -0.25) is 14.4 Å². The average molecular weight is 407 g/mol. The van der Waals surface area contributed by atoms with Gasteiger partial charge in [-0.05, 0) is 48.2 Å². The number of nitrogens with zero attached hydrogens (tertiary/aromatic N) is 1. The fraction of sp³-hybridized carbons (Fsp3) is 0.190. The van der Waals surface area contributed by atoms with E-state index in [-0.39, 0.29) is 17.7 Å². The van der Waals surface area contributed by atoms with Crippen LogP contribution in [0.4, 0.5) is 5.69 Å². The molecule has 8 heteroatoms. The van der Waals surface area contributed by atoms with Gasteiger partial charge in [0.15, 0.2) is 0 Å². The monoisotopic (exact) mass is 407 g/mol. The van der Waals surface area contributed by atoms with Crippen LogP contribution >= 0.6 is 11.3 Å². The molecule has 0 bridgehead atoms. The molecule has 1 fully saturated rings. The second kappa shape index (κ2) is 6.89. The van der Waals surface area contributed by atoms with Crippen LogP contribution in [0.25, 0.3) is 11.3 Å². The molecule has 1 aromatic carbocycles. The number of hydrogen-bond donors (Lipinski definition) is 2. The zero-order valence-electron chi connectivity index (χ0n) is 15.3. The first-order valence-electron chi connectivity index (χ1n) is 9.26. The molecule has 2 N–H and O–H groups in total. The molecular formula is C21H17N3O4S. The van der Waals surface area contributed by atoms with Gasteiger partial charge in [-0.15, -0.1) is 11.3 Å². The molecule has 0 unspecified atom stereocenters. The summed E-state index contributed by atoms with van der Waals surface area (Å²) in [6.07, 6.45) is 2.09. The van der Waals surface area contributed by atoms with Crippen molar-refractivity contribution >= 4 is 34.7 Å². The van der Waals surface area contributed by atoms with Crippen molar-refractivity contribution in [1.29, 1.82) is 0 Å². The summed E-state index contributed by atoms with van der Waals surface area (Å²) in [5.74, 6) is -0.106. The van der Waals surface area contributed by atoms with Gasteiger partial charge in [-0.25, -0.2) is 0 Å². The number of hydrogen-bond acceptors (Lipinski definition) is 5. The van der Waals surface area contributed by atoms with Crippen molar-refractivity contribution in [3.05, 3.63) is 64.5 Å². The maximum Gasteiger partial charge on any atom is 0.261 e. The van der Waals surface area contributed by atoms with Crippen LogP contribution in [-0.2, 0) is 4.79 Å². The van der Waals surface area contributed by atoms with E-state index in [1.54, 1.807) is 47.6 Å². The fourth-order valence-electron chi connectivity index (χ4n) is 3.93. The normalized spacial score (nSPS) is 20.6. The topological polar surface area (TPSA) is 91.7 Å². The van der Waals surface area contributed by atoms with Crippen LogP contribution in [-0.4, -0.2) is 41.2 Å².